The molecule has 0 aliphatic carbocycles. The molecule has 17 nitrogen and oxygen atoms in total. The minimum Gasteiger partial charge on any atom is -0.387 e. The summed E-state index contributed by atoms with van der Waals surface area (Å²) in [6.45, 7) is 1.25. The van der Waals surface area contributed by atoms with Gasteiger partial charge in [-0.1, -0.05) is 0 Å². The maximum Gasteiger partial charge on any atom is 0.578 e. The predicted molar refractivity (Wildman–Crippen MR) is 105 cm³/mol. The summed E-state index contributed by atoms with van der Waals surface area (Å²) >= 11 is 0. The molecule has 1 fully saturated rings. The lowest BCUT2D eigenvalue weighted by Gasteiger charge is -2.27. The van der Waals surface area contributed by atoms with E-state index in [-0.39, 0.29) is 17.0 Å². The Bertz CT molecular complexity index is 1090. The van der Waals surface area contributed by atoms with Crippen LogP contribution in [0.25, 0.3) is 11.2 Å². The average Bonchev–Trinajstić information content (AvgIpc) is 3.11. The first kappa shape index (κ1) is 25.5. The van der Waals surface area contributed by atoms with Crippen LogP contribution in [0.1, 0.15) is 19.6 Å². The van der Waals surface area contributed by atoms with Gasteiger partial charge in [0.25, 0.3) is 0 Å². The Labute approximate surface area is 179 Å². The van der Waals surface area contributed by atoms with Gasteiger partial charge >= 0.3 is 23.6 Å². The van der Waals surface area contributed by atoms with Gasteiger partial charge in [-0.2, -0.15) is 14.7 Å². The van der Waals surface area contributed by atoms with Gasteiger partial charge in [-0.25, -0.2) is 23.8 Å². The molecule has 1 aliphatic heterocycles. The molecule has 32 heavy (non-hydrogen) atoms. The van der Waals surface area contributed by atoms with Crippen LogP contribution >= 0.6 is 23.6 Å². The fraction of sp³-hybridized carbons (Fsp3) is 0.583. The van der Waals surface area contributed by atoms with Gasteiger partial charge in [0.15, 0.2) is 17.7 Å². The van der Waals surface area contributed by atoms with Crippen molar-refractivity contribution in [2.24, 2.45) is 0 Å². The average molecular weight is 520 g/mol. The molecular formula is C12H21N5O12P3+. The summed E-state index contributed by atoms with van der Waals surface area (Å²) in [4.78, 5) is 56.9. The van der Waals surface area contributed by atoms with E-state index in [0.29, 0.717) is 0 Å². The zero-order valence-electron chi connectivity index (χ0n) is 16.2. The zero-order chi connectivity index (χ0) is 24.1. The number of aromatic nitrogens is 4. The molecule has 3 rings (SSSR count). The number of hydrogen-bond donors (Lipinski definition) is 8. The molecule has 2 aromatic rings. The summed E-state index contributed by atoms with van der Waals surface area (Å²) in [5.41, 5.74) is 4.20. The van der Waals surface area contributed by atoms with Gasteiger partial charge in [-0.05, 0) is 17.7 Å². The first-order valence-corrected chi connectivity index (χ1v) is 13.5. The minimum atomic E-state index is -5.53. The van der Waals surface area contributed by atoms with Crippen LogP contribution < -0.4 is 5.73 Å². The molecule has 0 saturated carbocycles. The summed E-state index contributed by atoms with van der Waals surface area (Å²) in [5.74, 6) is 0.0672. The molecule has 0 spiro atoms. The first-order chi connectivity index (χ1) is 14.5. The van der Waals surface area contributed by atoms with E-state index in [1.165, 1.54) is 17.8 Å². The van der Waals surface area contributed by atoms with Crippen molar-refractivity contribution in [1.29, 1.82) is 0 Å². The molecule has 2 aromatic heterocycles. The van der Waals surface area contributed by atoms with E-state index in [9.17, 15) is 29.1 Å². The first-order valence-electron chi connectivity index (χ1n) is 8.66. The largest absolute Gasteiger partial charge is 0.578 e. The number of nitrogens with two attached hydrogens (primary N) is 1. The standard InChI is InChI=1S/C12H20N5O12P3/c1-12(19)8(18)6(2-3-30(20,21)28-32(25,26)29-31(22,23)24)27-11(12)17-5-16-7-9(13)14-4-15-10(7)17/h4-6,8,11,18-19,22-24H,2-3H2,1H3,(H3-,13,14,15,20,21,25,26)/p+1/t6-,8-,11-,12-/m1/s1. The van der Waals surface area contributed by atoms with Crippen molar-refractivity contribution < 1.29 is 57.2 Å². The Morgan fingerprint density at radius 2 is 1.94 bits per heavy atom. The quantitative estimate of drug-likeness (QED) is 0.189. The number of hydrogen-bond acceptors (Lipinski definition) is 14. The maximum atomic E-state index is 12.1. The van der Waals surface area contributed by atoms with Gasteiger partial charge in [0.2, 0.25) is 0 Å². The number of aliphatic hydroxyl groups excluding tert-OH is 1. The number of aliphatic hydroxyl groups is 2. The highest BCUT2D eigenvalue weighted by molar-refractivity contribution is 7.69. The van der Waals surface area contributed by atoms with E-state index < -0.39 is 60.2 Å². The Balaban J connectivity index is 1.74. The zero-order valence-corrected chi connectivity index (χ0v) is 18.9. The molecule has 3 heterocycles. The van der Waals surface area contributed by atoms with Crippen LogP contribution in [0.2, 0.25) is 0 Å². The van der Waals surface area contributed by atoms with Crippen LogP contribution in [-0.4, -0.2) is 78.2 Å². The lowest BCUT2D eigenvalue weighted by atomic mass is 9.95. The van der Waals surface area contributed by atoms with Crippen LogP contribution in [0.15, 0.2) is 12.7 Å². The number of phosphoric acid groups is 1. The molecule has 0 amide bonds. The summed E-state index contributed by atoms with van der Waals surface area (Å²) < 4.78 is 38.2. The highest BCUT2D eigenvalue weighted by Crippen LogP contribution is 2.68. The van der Waals surface area contributed by atoms with E-state index in [2.05, 4.69) is 23.6 Å². The van der Waals surface area contributed by atoms with E-state index in [1.54, 1.807) is 0 Å². The van der Waals surface area contributed by atoms with Crippen LogP contribution in [0.3, 0.4) is 0 Å². The van der Waals surface area contributed by atoms with Gasteiger partial charge in [-0.3, -0.25) is 14.0 Å². The second kappa shape index (κ2) is 8.56. The maximum absolute atomic E-state index is 12.1. The molecule has 0 radical (unpaired) electrons. The molecule has 2 unspecified atom stereocenters. The van der Waals surface area contributed by atoms with Gasteiger partial charge in [-0.15, -0.1) is 0 Å². The van der Waals surface area contributed by atoms with E-state index in [0.717, 1.165) is 6.33 Å². The summed E-state index contributed by atoms with van der Waals surface area (Å²) in [6, 6.07) is 0. The van der Waals surface area contributed by atoms with E-state index in [4.69, 9.17) is 25.2 Å². The third kappa shape index (κ3) is 5.48. The molecule has 6 atom stereocenters. The summed E-state index contributed by atoms with van der Waals surface area (Å²) in [5, 5.41) is 21.3. The number of imidazole rings is 1. The third-order valence-electron chi connectivity index (χ3n) is 4.53. The van der Waals surface area contributed by atoms with Crippen molar-refractivity contribution in [3.8, 4) is 0 Å². The number of rotatable bonds is 8. The Morgan fingerprint density at radius 3 is 2.56 bits per heavy atom. The van der Waals surface area contributed by atoms with Gasteiger partial charge in [0.05, 0.1) is 18.6 Å². The van der Waals surface area contributed by atoms with Crippen molar-refractivity contribution in [1.82, 2.24) is 19.5 Å². The normalized spacial score (nSPS) is 30.3. The molecule has 0 bridgehead atoms. The Morgan fingerprint density at radius 1 is 1.28 bits per heavy atom. The molecule has 9 N–H and O–H groups in total. The summed E-state index contributed by atoms with van der Waals surface area (Å²) in [6.07, 6.45) is -3.03. The molecule has 1 aliphatic rings. The Hall–Kier alpha value is -1.16. The highest BCUT2D eigenvalue weighted by atomic mass is 31.3. The monoisotopic (exact) mass is 520 g/mol. The third-order valence-corrected chi connectivity index (χ3v) is 8.91. The lowest BCUT2D eigenvalue weighted by molar-refractivity contribution is -0.0940. The number of ether oxygens (including phenoxy) is 1. The molecular weight excluding hydrogens is 499 g/mol. The van der Waals surface area contributed by atoms with Crippen LogP contribution in [0, 0.1) is 0 Å². The van der Waals surface area contributed by atoms with Crippen LogP contribution in [0.5, 0.6) is 0 Å². The molecule has 0 aromatic carbocycles. The van der Waals surface area contributed by atoms with E-state index in [1.807, 2.05) is 0 Å². The van der Waals surface area contributed by atoms with E-state index >= 15 is 0 Å². The fourth-order valence-electron chi connectivity index (χ4n) is 3.16. The molecule has 20 heteroatoms. The van der Waals surface area contributed by atoms with Crippen molar-refractivity contribution in [2.45, 2.75) is 37.4 Å². The van der Waals surface area contributed by atoms with Crippen LogP contribution in [0.4, 0.5) is 5.82 Å². The second-order valence-corrected chi connectivity index (χ2v) is 12.1. The van der Waals surface area contributed by atoms with Crippen molar-refractivity contribution in [3.05, 3.63) is 12.7 Å². The number of fused-ring (bicyclic) bond motifs is 1. The molecule has 180 valence electrons. The Kier molecular flexibility index (Phi) is 6.81. The SMILES string of the molecule is C[C@@]1(O)[C@H](O)[C@@H](CCP(=O)(O)OP(=O)(O)O[P+](O)(O)O)O[C@H]1n1cnc2c(N)ncnc21. The van der Waals surface area contributed by atoms with Gasteiger partial charge in [0, 0.05) is 0 Å². The second-order valence-electron chi connectivity index (χ2n) is 7.08. The predicted octanol–water partition coefficient (Wildman–Crippen LogP) is -1.22. The fourth-order valence-corrected chi connectivity index (χ4v) is 6.85. The van der Waals surface area contributed by atoms with Gasteiger partial charge < -0.3 is 25.6 Å². The number of anilines is 1. The van der Waals surface area contributed by atoms with Crippen molar-refractivity contribution >= 4 is 40.6 Å². The topological polar surface area (TPSA) is 273 Å². The van der Waals surface area contributed by atoms with Crippen molar-refractivity contribution in [2.75, 3.05) is 11.9 Å². The van der Waals surface area contributed by atoms with Crippen LogP contribution in [-0.2, 0) is 22.5 Å². The highest BCUT2D eigenvalue weighted by Gasteiger charge is 2.54. The molecule has 1 saturated heterocycles. The number of nitrogens with zero attached hydrogens (tertiary/aromatic N) is 4. The minimum absolute atomic E-state index is 0.0672. The lowest BCUT2D eigenvalue weighted by Crippen LogP contribution is -2.43. The van der Waals surface area contributed by atoms with Gasteiger partial charge in [0.1, 0.15) is 23.5 Å². The smallest absolute Gasteiger partial charge is 0.387 e. The van der Waals surface area contributed by atoms with Crippen molar-refractivity contribution in [3.63, 3.8) is 0 Å². The summed E-state index contributed by atoms with van der Waals surface area (Å²) in [7, 11) is -15.7. The number of nitrogen functional groups attached to an aromatic ring is 1.